The van der Waals surface area contributed by atoms with Crippen molar-refractivity contribution >= 4 is 15.7 Å². The summed E-state index contributed by atoms with van der Waals surface area (Å²) in [5, 5.41) is 5.02. The molecule has 0 spiro atoms. The summed E-state index contributed by atoms with van der Waals surface area (Å²) in [6.45, 7) is 1.59. The SMILES string of the molecule is NC1CC[C@@H]2CN(c3ccc(S(N)(=O)=O)cc3F)C[C@@H]2C1. The number of fused-ring (bicyclic) bond motifs is 1. The van der Waals surface area contributed by atoms with Crippen molar-refractivity contribution in [1.29, 1.82) is 0 Å². The van der Waals surface area contributed by atoms with E-state index in [1.165, 1.54) is 12.1 Å². The standard InChI is InChI=1S/C14H20FN3O2S/c15-13-6-12(21(17,19)20)3-4-14(13)18-7-9-1-2-11(16)5-10(9)8-18/h3-4,6,9-11H,1-2,5,7-8,16H2,(H2,17,19,20)/t9-,10+,11?/m1/s1. The molecule has 0 aromatic heterocycles. The van der Waals surface area contributed by atoms with Gasteiger partial charge in [0.1, 0.15) is 5.82 Å². The summed E-state index contributed by atoms with van der Waals surface area (Å²) >= 11 is 0. The highest BCUT2D eigenvalue weighted by molar-refractivity contribution is 7.89. The Balaban J connectivity index is 1.82. The number of hydrogen-bond donors (Lipinski definition) is 2. The normalized spacial score (nSPS) is 29.5. The number of nitrogens with two attached hydrogens (primary N) is 2. The fourth-order valence-corrected chi connectivity index (χ4v) is 4.11. The zero-order valence-electron chi connectivity index (χ0n) is 11.7. The number of benzene rings is 1. The third-order valence-electron chi connectivity index (χ3n) is 4.68. The van der Waals surface area contributed by atoms with Crippen LogP contribution in [0.5, 0.6) is 0 Å². The predicted octanol–water partition coefficient (Wildman–Crippen LogP) is 1.04. The van der Waals surface area contributed by atoms with Gasteiger partial charge < -0.3 is 10.6 Å². The smallest absolute Gasteiger partial charge is 0.238 e. The minimum Gasteiger partial charge on any atom is -0.369 e. The summed E-state index contributed by atoms with van der Waals surface area (Å²) in [6, 6.07) is 4.12. The van der Waals surface area contributed by atoms with Crippen LogP contribution in [-0.2, 0) is 10.0 Å². The highest BCUT2D eigenvalue weighted by Gasteiger charge is 2.37. The number of anilines is 1. The molecule has 7 heteroatoms. The van der Waals surface area contributed by atoms with Crippen LogP contribution in [0.25, 0.3) is 0 Å². The maximum Gasteiger partial charge on any atom is 0.238 e. The Hall–Kier alpha value is -1.18. The highest BCUT2D eigenvalue weighted by atomic mass is 32.2. The van der Waals surface area contributed by atoms with Crippen LogP contribution in [0.3, 0.4) is 0 Å². The zero-order valence-corrected chi connectivity index (χ0v) is 12.5. The van der Waals surface area contributed by atoms with E-state index in [1.54, 1.807) is 0 Å². The van der Waals surface area contributed by atoms with Crippen LogP contribution in [0, 0.1) is 17.7 Å². The van der Waals surface area contributed by atoms with E-state index in [0.717, 1.165) is 38.4 Å². The second-order valence-corrected chi connectivity index (χ2v) is 7.72. The van der Waals surface area contributed by atoms with Crippen LogP contribution in [-0.4, -0.2) is 27.5 Å². The van der Waals surface area contributed by atoms with Gasteiger partial charge in [-0.3, -0.25) is 0 Å². The van der Waals surface area contributed by atoms with Crippen molar-refractivity contribution in [3.63, 3.8) is 0 Å². The summed E-state index contributed by atoms with van der Waals surface area (Å²) in [5.74, 6) is 0.526. The average molecular weight is 313 g/mol. The van der Waals surface area contributed by atoms with Gasteiger partial charge in [0.2, 0.25) is 10.0 Å². The topological polar surface area (TPSA) is 89.4 Å². The lowest BCUT2D eigenvalue weighted by Gasteiger charge is -2.27. The first-order valence-corrected chi connectivity index (χ1v) is 8.72. The molecule has 5 nitrogen and oxygen atoms in total. The van der Waals surface area contributed by atoms with Crippen molar-refractivity contribution < 1.29 is 12.8 Å². The Bertz CT molecular complexity index is 650. The first-order chi connectivity index (χ1) is 9.84. The molecule has 116 valence electrons. The predicted molar refractivity (Wildman–Crippen MR) is 78.8 cm³/mol. The molecule has 0 radical (unpaired) electrons. The number of hydrogen-bond acceptors (Lipinski definition) is 4. The second kappa shape index (κ2) is 5.23. The Labute approximate surface area is 124 Å². The van der Waals surface area contributed by atoms with Crippen LogP contribution in [0.2, 0.25) is 0 Å². The first kappa shape index (κ1) is 14.7. The molecule has 21 heavy (non-hydrogen) atoms. The van der Waals surface area contributed by atoms with Gasteiger partial charge >= 0.3 is 0 Å². The van der Waals surface area contributed by atoms with E-state index in [1.807, 2.05) is 4.90 Å². The van der Waals surface area contributed by atoms with Crippen LogP contribution < -0.4 is 15.8 Å². The van der Waals surface area contributed by atoms with Crippen molar-refractivity contribution in [1.82, 2.24) is 0 Å². The molecule has 2 fully saturated rings. The van der Waals surface area contributed by atoms with E-state index in [4.69, 9.17) is 10.9 Å². The first-order valence-electron chi connectivity index (χ1n) is 7.17. The second-order valence-electron chi connectivity index (χ2n) is 6.16. The lowest BCUT2D eigenvalue weighted by Crippen LogP contribution is -2.32. The Morgan fingerprint density at radius 2 is 1.90 bits per heavy atom. The van der Waals surface area contributed by atoms with E-state index >= 15 is 0 Å². The summed E-state index contributed by atoms with van der Waals surface area (Å²) < 4.78 is 36.7. The van der Waals surface area contributed by atoms with Gasteiger partial charge in [-0.2, -0.15) is 0 Å². The average Bonchev–Trinajstić information content (AvgIpc) is 2.80. The van der Waals surface area contributed by atoms with Crippen LogP contribution in [0.1, 0.15) is 19.3 Å². The molecular formula is C14H20FN3O2S. The van der Waals surface area contributed by atoms with Crippen molar-refractivity contribution in [3.8, 4) is 0 Å². The van der Waals surface area contributed by atoms with Crippen molar-refractivity contribution in [3.05, 3.63) is 24.0 Å². The molecule has 1 aromatic rings. The molecule has 1 saturated carbocycles. The van der Waals surface area contributed by atoms with Crippen LogP contribution in [0.15, 0.2) is 23.1 Å². The van der Waals surface area contributed by atoms with Crippen molar-refractivity contribution in [2.45, 2.75) is 30.2 Å². The molecule has 4 N–H and O–H groups in total. The third kappa shape index (κ3) is 2.90. The number of sulfonamides is 1. The molecule has 1 saturated heterocycles. The van der Waals surface area contributed by atoms with Gasteiger partial charge in [-0.15, -0.1) is 0 Å². The largest absolute Gasteiger partial charge is 0.369 e. The van der Waals surface area contributed by atoms with E-state index in [9.17, 15) is 12.8 Å². The minimum atomic E-state index is -3.87. The zero-order chi connectivity index (χ0) is 15.2. The van der Waals surface area contributed by atoms with Gasteiger partial charge in [-0.05, 0) is 49.3 Å². The van der Waals surface area contributed by atoms with Gasteiger partial charge in [0.05, 0.1) is 10.6 Å². The molecule has 3 rings (SSSR count). The molecular weight excluding hydrogens is 293 g/mol. The van der Waals surface area contributed by atoms with Crippen LogP contribution in [0.4, 0.5) is 10.1 Å². The molecule has 0 bridgehead atoms. The summed E-state index contributed by atoms with van der Waals surface area (Å²) in [7, 11) is -3.87. The summed E-state index contributed by atoms with van der Waals surface area (Å²) in [5.41, 5.74) is 6.45. The van der Waals surface area contributed by atoms with Gasteiger partial charge in [-0.1, -0.05) is 0 Å². The fraction of sp³-hybridized carbons (Fsp3) is 0.571. The summed E-state index contributed by atoms with van der Waals surface area (Å²) in [4.78, 5) is 1.80. The number of halogens is 1. The summed E-state index contributed by atoms with van der Waals surface area (Å²) in [6.07, 6.45) is 3.10. The maximum atomic E-state index is 14.2. The molecule has 1 heterocycles. The van der Waals surface area contributed by atoms with Crippen molar-refractivity contribution in [2.75, 3.05) is 18.0 Å². The fourth-order valence-electron chi connectivity index (χ4n) is 3.59. The molecule has 1 aromatic carbocycles. The van der Waals surface area contributed by atoms with Gasteiger partial charge in [0.15, 0.2) is 0 Å². The minimum absolute atomic E-state index is 0.192. The molecule has 1 unspecified atom stereocenters. The molecule has 1 aliphatic heterocycles. The Morgan fingerprint density at radius 1 is 1.19 bits per heavy atom. The molecule has 2 aliphatic rings. The van der Waals surface area contributed by atoms with Gasteiger partial charge in [-0.25, -0.2) is 17.9 Å². The number of nitrogens with zero attached hydrogens (tertiary/aromatic N) is 1. The van der Waals surface area contributed by atoms with E-state index in [0.29, 0.717) is 17.5 Å². The van der Waals surface area contributed by atoms with E-state index < -0.39 is 15.8 Å². The monoisotopic (exact) mass is 313 g/mol. The molecule has 1 aliphatic carbocycles. The highest BCUT2D eigenvalue weighted by Crippen LogP contribution is 2.38. The van der Waals surface area contributed by atoms with Gasteiger partial charge in [0, 0.05) is 19.1 Å². The lowest BCUT2D eigenvalue weighted by molar-refractivity contribution is 0.271. The Kier molecular flexibility index (Phi) is 3.67. The Morgan fingerprint density at radius 3 is 2.57 bits per heavy atom. The van der Waals surface area contributed by atoms with E-state index in [2.05, 4.69) is 0 Å². The third-order valence-corrected chi connectivity index (χ3v) is 5.59. The maximum absolute atomic E-state index is 14.2. The lowest BCUT2D eigenvalue weighted by atomic mass is 9.79. The van der Waals surface area contributed by atoms with E-state index in [-0.39, 0.29) is 10.9 Å². The van der Waals surface area contributed by atoms with Gasteiger partial charge in [0.25, 0.3) is 0 Å². The number of primary sulfonamides is 1. The molecule has 0 amide bonds. The van der Waals surface area contributed by atoms with Crippen LogP contribution >= 0.6 is 0 Å². The molecule has 3 atom stereocenters. The number of rotatable bonds is 2. The quantitative estimate of drug-likeness (QED) is 0.853. The van der Waals surface area contributed by atoms with Crippen molar-refractivity contribution in [2.24, 2.45) is 22.7 Å².